The number of aromatic nitrogens is 2. The van der Waals surface area contributed by atoms with E-state index >= 15 is 0 Å². The number of pyridine rings is 2. The number of nitrogens with zero attached hydrogens (tertiary/aromatic N) is 4. The smallest absolute Gasteiger partial charge is 0.128 e. The molecule has 5 nitrogen and oxygen atoms in total. The van der Waals surface area contributed by atoms with E-state index in [1.807, 2.05) is 24.4 Å². The number of nitriles is 1. The predicted octanol–water partition coefficient (Wildman–Crippen LogP) is 2.85. The van der Waals surface area contributed by atoms with Crippen molar-refractivity contribution in [3.05, 3.63) is 53.5 Å². The van der Waals surface area contributed by atoms with Crippen molar-refractivity contribution in [3.63, 3.8) is 0 Å². The highest BCUT2D eigenvalue weighted by atomic mass is 15.2. The monoisotopic (exact) mass is 335 g/mol. The Balaban J connectivity index is 1.49. The average molecular weight is 335 g/mol. The van der Waals surface area contributed by atoms with E-state index in [2.05, 4.69) is 46.2 Å². The molecule has 0 spiro atoms. The second-order valence-corrected chi connectivity index (χ2v) is 6.82. The first-order valence-corrected chi connectivity index (χ1v) is 8.93. The highest BCUT2D eigenvalue weighted by Crippen LogP contribution is 2.18. The molecular weight excluding hydrogens is 310 g/mol. The van der Waals surface area contributed by atoms with E-state index in [1.54, 1.807) is 6.20 Å². The molecule has 0 bridgehead atoms. The third kappa shape index (κ3) is 4.55. The van der Waals surface area contributed by atoms with Crippen LogP contribution in [0.4, 0.5) is 5.82 Å². The van der Waals surface area contributed by atoms with Crippen LogP contribution in [0.15, 0.2) is 36.7 Å². The van der Waals surface area contributed by atoms with Gasteiger partial charge < -0.3 is 10.2 Å². The second kappa shape index (κ2) is 8.09. The van der Waals surface area contributed by atoms with E-state index in [0.29, 0.717) is 17.6 Å². The third-order valence-corrected chi connectivity index (χ3v) is 4.83. The minimum atomic E-state index is 0.415. The van der Waals surface area contributed by atoms with E-state index in [-0.39, 0.29) is 0 Å². The van der Waals surface area contributed by atoms with Gasteiger partial charge in [-0.2, -0.15) is 5.26 Å². The van der Waals surface area contributed by atoms with Crippen molar-refractivity contribution < 1.29 is 0 Å². The number of hydrogen-bond acceptors (Lipinski definition) is 5. The first-order valence-electron chi connectivity index (χ1n) is 8.93. The number of aryl methyl sites for hydroxylation is 1. The van der Waals surface area contributed by atoms with Gasteiger partial charge in [0.1, 0.15) is 11.9 Å². The Morgan fingerprint density at radius 3 is 2.72 bits per heavy atom. The maximum absolute atomic E-state index is 8.86. The minimum absolute atomic E-state index is 0.415. The molecule has 0 radical (unpaired) electrons. The van der Waals surface area contributed by atoms with Gasteiger partial charge in [0.25, 0.3) is 0 Å². The van der Waals surface area contributed by atoms with E-state index in [0.717, 1.165) is 38.2 Å². The van der Waals surface area contributed by atoms with Gasteiger partial charge >= 0.3 is 0 Å². The molecule has 25 heavy (non-hydrogen) atoms. The Labute approximate surface area is 149 Å². The van der Waals surface area contributed by atoms with Gasteiger partial charge in [0.2, 0.25) is 0 Å². The molecule has 1 aliphatic rings. The average Bonchev–Trinajstić information content (AvgIpc) is 2.64. The highest BCUT2D eigenvalue weighted by molar-refractivity contribution is 5.42. The van der Waals surface area contributed by atoms with Crippen LogP contribution in [0, 0.1) is 18.3 Å². The fourth-order valence-corrected chi connectivity index (χ4v) is 3.40. The van der Waals surface area contributed by atoms with Crippen molar-refractivity contribution in [2.45, 2.75) is 45.2 Å². The SMILES string of the molecule is Cc1cccnc1C[C@H](C)NC1CCN(c2ccc(C#N)cn2)CC1. The molecule has 3 rings (SSSR count). The summed E-state index contributed by atoms with van der Waals surface area (Å²) < 4.78 is 0. The van der Waals surface area contributed by atoms with Crippen LogP contribution in [0.3, 0.4) is 0 Å². The lowest BCUT2D eigenvalue weighted by molar-refractivity contribution is 0.373. The summed E-state index contributed by atoms with van der Waals surface area (Å²) in [5.41, 5.74) is 3.05. The normalized spacial score (nSPS) is 16.4. The molecule has 2 aromatic heterocycles. The van der Waals surface area contributed by atoms with E-state index in [4.69, 9.17) is 5.26 Å². The summed E-state index contributed by atoms with van der Waals surface area (Å²) in [5, 5.41) is 12.6. The maximum atomic E-state index is 8.86. The summed E-state index contributed by atoms with van der Waals surface area (Å²) in [5.74, 6) is 0.967. The maximum Gasteiger partial charge on any atom is 0.128 e. The molecular formula is C20H25N5. The molecule has 0 saturated carbocycles. The largest absolute Gasteiger partial charge is 0.357 e. The van der Waals surface area contributed by atoms with Crippen LogP contribution in [0.2, 0.25) is 0 Å². The lowest BCUT2D eigenvalue weighted by atomic mass is 10.0. The van der Waals surface area contributed by atoms with Gasteiger partial charge in [-0.25, -0.2) is 4.98 Å². The van der Waals surface area contributed by atoms with Crippen molar-refractivity contribution in [1.82, 2.24) is 15.3 Å². The Bertz CT molecular complexity index is 726. The summed E-state index contributed by atoms with van der Waals surface area (Å²) in [6.45, 7) is 6.35. The van der Waals surface area contributed by atoms with Gasteiger partial charge in [-0.1, -0.05) is 6.07 Å². The number of nitrogens with one attached hydrogen (secondary N) is 1. The first-order chi connectivity index (χ1) is 12.2. The highest BCUT2D eigenvalue weighted by Gasteiger charge is 2.21. The molecule has 1 saturated heterocycles. The number of anilines is 1. The van der Waals surface area contributed by atoms with Crippen molar-refractivity contribution in [3.8, 4) is 6.07 Å². The Kier molecular flexibility index (Phi) is 5.62. The summed E-state index contributed by atoms with van der Waals surface area (Å²) >= 11 is 0. The number of piperidine rings is 1. The molecule has 0 unspecified atom stereocenters. The predicted molar refractivity (Wildman–Crippen MR) is 99.5 cm³/mol. The molecule has 0 aromatic carbocycles. The molecule has 1 fully saturated rings. The van der Waals surface area contributed by atoms with Crippen LogP contribution in [0.1, 0.15) is 36.6 Å². The van der Waals surface area contributed by atoms with Crippen LogP contribution < -0.4 is 10.2 Å². The number of hydrogen-bond donors (Lipinski definition) is 1. The quantitative estimate of drug-likeness (QED) is 0.910. The van der Waals surface area contributed by atoms with Gasteiger partial charge in [-0.15, -0.1) is 0 Å². The zero-order chi connectivity index (χ0) is 17.6. The van der Waals surface area contributed by atoms with Crippen LogP contribution in [-0.2, 0) is 6.42 Å². The lowest BCUT2D eigenvalue weighted by Gasteiger charge is -2.34. The topological polar surface area (TPSA) is 64.8 Å². The minimum Gasteiger partial charge on any atom is -0.357 e. The van der Waals surface area contributed by atoms with Crippen LogP contribution in [-0.4, -0.2) is 35.1 Å². The van der Waals surface area contributed by atoms with Gasteiger partial charge in [0, 0.05) is 49.7 Å². The fourth-order valence-electron chi connectivity index (χ4n) is 3.40. The third-order valence-electron chi connectivity index (χ3n) is 4.83. The van der Waals surface area contributed by atoms with E-state index < -0.39 is 0 Å². The van der Waals surface area contributed by atoms with Gasteiger partial charge in [-0.3, -0.25) is 4.98 Å². The fraction of sp³-hybridized carbons (Fsp3) is 0.450. The molecule has 5 heteroatoms. The zero-order valence-corrected chi connectivity index (χ0v) is 14.9. The first kappa shape index (κ1) is 17.4. The van der Waals surface area contributed by atoms with Gasteiger partial charge in [0.15, 0.2) is 0 Å². The Morgan fingerprint density at radius 1 is 1.28 bits per heavy atom. The summed E-state index contributed by atoms with van der Waals surface area (Å²) in [6.07, 6.45) is 6.69. The molecule has 0 amide bonds. The lowest BCUT2D eigenvalue weighted by Crippen LogP contribution is -2.46. The molecule has 130 valence electrons. The molecule has 0 aliphatic carbocycles. The summed E-state index contributed by atoms with van der Waals surface area (Å²) in [4.78, 5) is 11.2. The standard InChI is InChI=1S/C20H25N5/c1-15-4-3-9-22-19(15)12-16(2)24-18-7-10-25(11-8-18)20-6-5-17(13-21)14-23-20/h3-6,9,14,16,18,24H,7-8,10-12H2,1-2H3/t16-/m0/s1. The number of rotatable bonds is 5. The Morgan fingerprint density at radius 2 is 2.08 bits per heavy atom. The molecule has 2 aromatic rings. The molecule has 3 heterocycles. The van der Waals surface area contributed by atoms with Gasteiger partial charge in [-0.05, 0) is 50.5 Å². The Hall–Kier alpha value is -2.45. The van der Waals surface area contributed by atoms with Gasteiger partial charge in [0.05, 0.1) is 5.56 Å². The van der Waals surface area contributed by atoms with Crippen molar-refractivity contribution in [2.24, 2.45) is 0 Å². The zero-order valence-electron chi connectivity index (χ0n) is 14.9. The molecule has 1 N–H and O–H groups in total. The second-order valence-electron chi connectivity index (χ2n) is 6.82. The van der Waals surface area contributed by atoms with Crippen LogP contribution in [0.25, 0.3) is 0 Å². The molecule has 1 atom stereocenters. The molecule has 1 aliphatic heterocycles. The summed E-state index contributed by atoms with van der Waals surface area (Å²) in [7, 11) is 0. The summed E-state index contributed by atoms with van der Waals surface area (Å²) in [6, 6.07) is 11.0. The van der Waals surface area contributed by atoms with Crippen molar-refractivity contribution >= 4 is 5.82 Å². The van der Waals surface area contributed by atoms with E-state index in [1.165, 1.54) is 11.3 Å². The van der Waals surface area contributed by atoms with Crippen LogP contribution in [0.5, 0.6) is 0 Å². The van der Waals surface area contributed by atoms with E-state index in [9.17, 15) is 0 Å². The van der Waals surface area contributed by atoms with Crippen LogP contribution >= 0.6 is 0 Å². The van der Waals surface area contributed by atoms with Crippen molar-refractivity contribution in [2.75, 3.05) is 18.0 Å². The van der Waals surface area contributed by atoms with Crippen molar-refractivity contribution in [1.29, 1.82) is 5.26 Å².